The number of hydrogen-bond donors (Lipinski definition) is 0. The Hall–Kier alpha value is -11.9. The van der Waals surface area contributed by atoms with Gasteiger partial charge in [0, 0.05) is 78.6 Å². The minimum atomic E-state index is -0.106. The van der Waals surface area contributed by atoms with Gasteiger partial charge >= 0.3 is 0 Å². The highest BCUT2D eigenvalue weighted by Crippen LogP contribution is 2.52. The van der Waals surface area contributed by atoms with Crippen molar-refractivity contribution in [3.8, 4) is 61.8 Å². The Labute approximate surface area is 523 Å². The fraction of sp³-hybridized carbons (Fsp3) is 0.0116. The predicted molar refractivity (Wildman–Crippen MR) is 376 cm³/mol. The first-order chi connectivity index (χ1) is 44.7. The van der Waals surface area contributed by atoms with E-state index in [1.807, 2.05) is 0 Å². The van der Waals surface area contributed by atoms with E-state index >= 15 is 0 Å². The van der Waals surface area contributed by atoms with E-state index in [0.717, 1.165) is 89.6 Å². The highest BCUT2D eigenvalue weighted by molar-refractivity contribution is 6.29. The zero-order valence-electron chi connectivity index (χ0n) is 49.4. The summed E-state index contributed by atoms with van der Waals surface area (Å²) < 4.78 is 10.0. The lowest BCUT2D eigenvalue weighted by molar-refractivity contribution is -0.329. The third kappa shape index (κ3) is 8.64. The monoisotopic (exact) mass is 1150 g/mol. The van der Waals surface area contributed by atoms with Crippen LogP contribution in [-0.2, 0) is 0 Å². The number of para-hydroxylation sites is 4. The van der Waals surface area contributed by atoms with Gasteiger partial charge in [0.2, 0.25) is 17.1 Å². The summed E-state index contributed by atoms with van der Waals surface area (Å²) in [7, 11) is 0. The second-order valence-corrected chi connectivity index (χ2v) is 23.3. The Morgan fingerprint density at radius 3 is 1.16 bits per heavy atom. The first-order valence-corrected chi connectivity index (χ1v) is 31.0. The molecule has 16 aromatic rings. The second-order valence-electron chi connectivity index (χ2n) is 23.3. The molecule has 0 bridgehead atoms. The first-order valence-electron chi connectivity index (χ1n) is 31.0. The number of rotatable bonds is 12. The van der Waals surface area contributed by atoms with Gasteiger partial charge in [0.1, 0.15) is 5.92 Å². The topological polar surface area (TPSA) is 17.8 Å². The van der Waals surface area contributed by atoms with Crippen molar-refractivity contribution in [2.45, 2.75) is 5.92 Å². The molecule has 422 valence electrons. The molecule has 17 rings (SSSR count). The molecule has 90 heavy (non-hydrogen) atoms. The lowest BCUT2D eigenvalue weighted by Gasteiger charge is -2.17. The highest BCUT2D eigenvalue weighted by atomic mass is 15.1. The Morgan fingerprint density at radius 2 is 0.633 bits per heavy atom. The van der Waals surface area contributed by atoms with Gasteiger partial charge in [0.25, 0.3) is 0 Å². The van der Waals surface area contributed by atoms with Crippen molar-refractivity contribution >= 4 is 66.3 Å². The molecule has 0 aliphatic carbocycles. The van der Waals surface area contributed by atoms with Gasteiger partial charge in [-0.25, -0.2) is 0 Å². The number of allylic oxidation sites excluding steroid dienone is 1. The van der Waals surface area contributed by atoms with Crippen LogP contribution in [0.25, 0.3) is 117 Å². The van der Waals surface area contributed by atoms with Gasteiger partial charge in [-0.05, 0) is 107 Å². The first kappa shape index (κ1) is 52.5. The van der Waals surface area contributed by atoms with Crippen molar-refractivity contribution in [2.75, 3.05) is 0 Å². The fourth-order valence-electron chi connectivity index (χ4n) is 14.5. The Bertz CT molecular complexity index is 5310. The van der Waals surface area contributed by atoms with Crippen molar-refractivity contribution in [1.82, 2.24) is 13.7 Å². The average molecular weight is 1150 g/mol. The lowest BCUT2D eigenvalue weighted by atomic mass is 9.81. The molecular weight excluding hydrogens is 1090 g/mol. The second kappa shape index (κ2) is 22.1. The summed E-state index contributed by atoms with van der Waals surface area (Å²) in [4.78, 5) is 0. The summed E-state index contributed by atoms with van der Waals surface area (Å²) in [5.74, 6) is -0.106. The van der Waals surface area contributed by atoms with Crippen LogP contribution in [-0.4, -0.2) is 24.0 Å². The van der Waals surface area contributed by atoms with Crippen LogP contribution in [0.5, 0.6) is 0 Å². The van der Waals surface area contributed by atoms with Crippen LogP contribution in [0.2, 0.25) is 0 Å². The largest absolute Gasteiger partial charge is 0.309 e. The minimum Gasteiger partial charge on any atom is -0.309 e. The van der Waals surface area contributed by atoms with Crippen molar-refractivity contribution in [3.63, 3.8) is 0 Å². The maximum Gasteiger partial charge on any atom is 0.223 e. The van der Waals surface area contributed by atoms with Crippen molar-refractivity contribution in [1.29, 1.82) is 0 Å². The van der Waals surface area contributed by atoms with E-state index in [9.17, 15) is 0 Å². The lowest BCUT2D eigenvalue weighted by Crippen LogP contribution is -2.19. The Kier molecular flexibility index (Phi) is 12.9. The molecule has 1 aliphatic heterocycles. The van der Waals surface area contributed by atoms with Gasteiger partial charge in [0.15, 0.2) is 0 Å². The fourth-order valence-corrected chi connectivity index (χ4v) is 14.5. The third-order valence-corrected chi connectivity index (χ3v) is 18.2. The van der Waals surface area contributed by atoms with E-state index < -0.39 is 0 Å². The molecular formula is C86H59N4+. The molecule has 4 heteroatoms. The molecule has 0 amide bonds. The van der Waals surface area contributed by atoms with E-state index in [1.165, 1.54) is 60.8 Å². The van der Waals surface area contributed by atoms with Crippen LogP contribution in [0.3, 0.4) is 0 Å². The summed E-state index contributed by atoms with van der Waals surface area (Å²) in [6.07, 6.45) is 0. The van der Waals surface area contributed by atoms with E-state index in [2.05, 4.69) is 370 Å². The molecule has 0 saturated heterocycles. The molecule has 0 fully saturated rings. The van der Waals surface area contributed by atoms with Crippen molar-refractivity contribution < 1.29 is 4.58 Å². The van der Waals surface area contributed by atoms with Gasteiger partial charge in [-0.15, -0.1) is 0 Å². The molecule has 13 aromatic carbocycles. The van der Waals surface area contributed by atoms with Crippen LogP contribution in [0.1, 0.15) is 28.2 Å². The maximum atomic E-state index is 2.54. The molecule has 0 saturated carbocycles. The van der Waals surface area contributed by atoms with Crippen LogP contribution in [0.15, 0.2) is 352 Å². The van der Waals surface area contributed by atoms with E-state index in [-0.39, 0.29) is 5.92 Å². The Balaban J connectivity index is 0.893. The minimum absolute atomic E-state index is 0.106. The van der Waals surface area contributed by atoms with Gasteiger partial charge in [0.05, 0.1) is 39.0 Å². The number of hydrogen-bond acceptors (Lipinski definition) is 0. The number of aromatic nitrogens is 3. The molecule has 3 aromatic heterocycles. The van der Waals surface area contributed by atoms with Crippen LogP contribution in [0.4, 0.5) is 5.69 Å². The molecule has 4 nitrogen and oxygen atoms in total. The number of fused-ring (bicyclic) bond motifs is 7. The summed E-state index contributed by atoms with van der Waals surface area (Å²) in [6.45, 7) is 0. The van der Waals surface area contributed by atoms with Gasteiger partial charge < -0.3 is 13.7 Å². The molecule has 4 heterocycles. The van der Waals surface area contributed by atoms with Crippen LogP contribution >= 0.6 is 0 Å². The normalized spacial score (nSPS) is 13.4. The van der Waals surface area contributed by atoms with Crippen molar-refractivity contribution in [3.05, 3.63) is 374 Å². The summed E-state index contributed by atoms with van der Waals surface area (Å²) in [5, 5.41) is 4.86. The number of benzene rings is 13. The highest BCUT2D eigenvalue weighted by Gasteiger charge is 2.46. The van der Waals surface area contributed by atoms with Gasteiger partial charge in [-0.1, -0.05) is 261 Å². The molecule has 0 spiro atoms. The van der Waals surface area contributed by atoms with Gasteiger partial charge in [-0.2, -0.15) is 4.58 Å². The zero-order valence-corrected chi connectivity index (χ0v) is 49.4. The third-order valence-electron chi connectivity index (χ3n) is 18.2. The van der Waals surface area contributed by atoms with Crippen LogP contribution < -0.4 is 0 Å². The van der Waals surface area contributed by atoms with Gasteiger partial charge in [-0.3, -0.25) is 0 Å². The standard InChI is InChI=1S/C86H59N4/c1-9-31-59(32-10-1)77-79(61-35-13-3-14-36-61)85(89(67-45-21-7-22-46-67)83(77)63-39-17-5-18-40-63)65-43-29-49-69(57-65)87-73-53-27-25-51-71(73)81-75(87)55-56-76-82(81)72-52-26-28-54-74(72)88(76)70-50-30-44-66(58-70)86-80(62-37-15-4-16-38-62)78(60-33-11-2-12-34-60)84(64-41-19-6-20-42-64)90(86)68-47-23-8-24-48-68/h1-58,79H/q+1. The summed E-state index contributed by atoms with van der Waals surface area (Å²) in [6, 6.07) is 129. The molecule has 0 radical (unpaired) electrons. The van der Waals surface area contributed by atoms with Crippen LogP contribution in [0, 0.1) is 0 Å². The molecule has 0 N–H and O–H groups in total. The molecule has 1 atom stereocenters. The average Bonchev–Trinajstić information content (AvgIpc) is 1.59. The quantitative estimate of drug-likeness (QED) is 0.109. The predicted octanol–water partition coefficient (Wildman–Crippen LogP) is 21.8. The smallest absolute Gasteiger partial charge is 0.223 e. The summed E-state index contributed by atoms with van der Waals surface area (Å²) in [5.41, 5.74) is 26.6. The molecule has 1 unspecified atom stereocenters. The maximum absolute atomic E-state index is 2.54. The van der Waals surface area contributed by atoms with E-state index in [1.54, 1.807) is 0 Å². The van der Waals surface area contributed by atoms with Crippen molar-refractivity contribution in [2.24, 2.45) is 0 Å². The number of nitrogens with zero attached hydrogens (tertiary/aromatic N) is 4. The van der Waals surface area contributed by atoms with E-state index in [0.29, 0.717) is 0 Å². The molecule has 1 aliphatic rings. The SMILES string of the molecule is c1ccc(C2=C(c3ccccc3)[N+](c3ccccc3)=C(c3cccc(-n4c5ccccc5c5c6c7ccccc7n(-c7cccc(-c8c(-c9ccccc9)c(-c9ccccc9)c(-c9ccccc9)n8-c8ccccc8)c7)c6ccc54)c3)C2c2ccccc2)cc1. The van der Waals surface area contributed by atoms with E-state index in [4.69, 9.17) is 0 Å². The zero-order chi connectivity index (χ0) is 59.5. The summed E-state index contributed by atoms with van der Waals surface area (Å²) >= 11 is 0. The Morgan fingerprint density at radius 1 is 0.256 bits per heavy atom.